The van der Waals surface area contributed by atoms with Crippen molar-refractivity contribution in [3.8, 4) is 0 Å². The standard InChI is InChI=1S/C17H19ClN4O2S/c1-2-16(23)21-9-6-12(7-10-21)17(24)20-15-5-8-19-22(15)11-13-3-4-14(18)25-13/h2-5,8,12H,1,6-7,9-11H2,(H,20,24). The molecule has 3 heterocycles. The summed E-state index contributed by atoms with van der Waals surface area (Å²) in [7, 11) is 0. The number of carbonyl (C=O) groups is 2. The molecular formula is C17H19ClN4O2S. The molecule has 2 amide bonds. The topological polar surface area (TPSA) is 67.2 Å². The van der Waals surface area contributed by atoms with Crippen LogP contribution < -0.4 is 5.32 Å². The third kappa shape index (κ3) is 4.29. The lowest BCUT2D eigenvalue weighted by molar-refractivity contribution is -0.130. The molecule has 0 unspecified atom stereocenters. The van der Waals surface area contributed by atoms with Gasteiger partial charge in [0.2, 0.25) is 11.8 Å². The van der Waals surface area contributed by atoms with E-state index in [9.17, 15) is 9.59 Å². The number of halogens is 1. The van der Waals surface area contributed by atoms with Crippen LogP contribution in [0.25, 0.3) is 0 Å². The lowest BCUT2D eigenvalue weighted by Crippen LogP contribution is -2.40. The lowest BCUT2D eigenvalue weighted by Gasteiger charge is -2.30. The van der Waals surface area contributed by atoms with E-state index in [1.807, 2.05) is 12.1 Å². The molecule has 0 bridgehead atoms. The number of nitrogens with one attached hydrogen (secondary N) is 1. The average Bonchev–Trinajstić information content (AvgIpc) is 3.23. The van der Waals surface area contributed by atoms with E-state index in [-0.39, 0.29) is 17.7 Å². The highest BCUT2D eigenvalue weighted by Crippen LogP contribution is 2.24. The summed E-state index contributed by atoms with van der Waals surface area (Å²) < 4.78 is 2.48. The molecule has 0 aliphatic carbocycles. The van der Waals surface area contributed by atoms with Gasteiger partial charge in [-0.3, -0.25) is 9.59 Å². The summed E-state index contributed by atoms with van der Waals surface area (Å²) >= 11 is 7.45. The van der Waals surface area contributed by atoms with Gasteiger partial charge in [-0.15, -0.1) is 11.3 Å². The number of nitrogens with zero attached hydrogens (tertiary/aromatic N) is 3. The van der Waals surface area contributed by atoms with Gasteiger partial charge in [0.15, 0.2) is 0 Å². The Bertz CT molecular complexity index is 777. The maximum Gasteiger partial charge on any atom is 0.245 e. The van der Waals surface area contributed by atoms with Crippen LogP contribution in [0.15, 0.2) is 37.1 Å². The minimum absolute atomic E-state index is 0.0309. The third-order valence-electron chi connectivity index (χ3n) is 4.25. The normalized spacial score (nSPS) is 15.2. The van der Waals surface area contributed by atoms with Gasteiger partial charge in [0.1, 0.15) is 5.82 Å². The second-order valence-electron chi connectivity index (χ2n) is 5.87. The van der Waals surface area contributed by atoms with Gasteiger partial charge < -0.3 is 10.2 Å². The molecule has 1 N–H and O–H groups in total. The highest BCUT2D eigenvalue weighted by atomic mass is 35.5. The van der Waals surface area contributed by atoms with Crippen LogP contribution in [0.2, 0.25) is 4.34 Å². The van der Waals surface area contributed by atoms with E-state index in [0.717, 1.165) is 9.21 Å². The summed E-state index contributed by atoms with van der Waals surface area (Å²) in [6.45, 7) is 5.22. The van der Waals surface area contributed by atoms with Crippen LogP contribution in [-0.4, -0.2) is 39.6 Å². The Morgan fingerprint density at radius 1 is 1.36 bits per heavy atom. The molecule has 132 valence electrons. The SMILES string of the molecule is C=CC(=O)N1CCC(C(=O)Nc2ccnn2Cc2ccc(Cl)s2)CC1. The van der Waals surface area contributed by atoms with E-state index < -0.39 is 0 Å². The zero-order valence-electron chi connectivity index (χ0n) is 13.7. The fourth-order valence-electron chi connectivity index (χ4n) is 2.87. The summed E-state index contributed by atoms with van der Waals surface area (Å²) in [5.74, 6) is 0.454. The van der Waals surface area contributed by atoms with Gasteiger partial charge in [0, 0.05) is 30.0 Å². The van der Waals surface area contributed by atoms with Crippen molar-refractivity contribution in [2.45, 2.75) is 19.4 Å². The molecule has 1 aliphatic heterocycles. The Morgan fingerprint density at radius 2 is 2.12 bits per heavy atom. The molecule has 25 heavy (non-hydrogen) atoms. The molecule has 1 aliphatic rings. The molecule has 0 spiro atoms. The number of carbonyl (C=O) groups excluding carboxylic acids is 2. The molecular weight excluding hydrogens is 360 g/mol. The Kier molecular flexibility index (Phi) is 5.55. The van der Waals surface area contributed by atoms with E-state index >= 15 is 0 Å². The molecule has 0 radical (unpaired) electrons. The monoisotopic (exact) mass is 378 g/mol. The number of thiophene rings is 1. The minimum Gasteiger partial charge on any atom is -0.339 e. The van der Waals surface area contributed by atoms with Gasteiger partial charge in [0.05, 0.1) is 17.1 Å². The number of hydrogen-bond acceptors (Lipinski definition) is 4. The Morgan fingerprint density at radius 3 is 2.76 bits per heavy atom. The first-order valence-electron chi connectivity index (χ1n) is 8.05. The molecule has 3 rings (SSSR count). The summed E-state index contributed by atoms with van der Waals surface area (Å²) in [6.07, 6.45) is 4.28. The first-order valence-corrected chi connectivity index (χ1v) is 9.24. The van der Waals surface area contributed by atoms with E-state index in [4.69, 9.17) is 11.6 Å². The van der Waals surface area contributed by atoms with E-state index in [2.05, 4.69) is 17.0 Å². The fourth-order valence-corrected chi connectivity index (χ4v) is 3.94. The van der Waals surface area contributed by atoms with Crippen LogP contribution in [0.1, 0.15) is 17.7 Å². The second-order valence-corrected chi connectivity index (χ2v) is 7.67. The van der Waals surface area contributed by atoms with Crippen molar-refractivity contribution in [3.05, 3.63) is 46.3 Å². The molecule has 2 aromatic rings. The summed E-state index contributed by atoms with van der Waals surface area (Å²) in [4.78, 5) is 26.9. The van der Waals surface area contributed by atoms with Crippen molar-refractivity contribution in [1.29, 1.82) is 0 Å². The number of piperidine rings is 1. The molecule has 1 fully saturated rings. The van der Waals surface area contributed by atoms with Crippen LogP contribution >= 0.6 is 22.9 Å². The number of aromatic nitrogens is 2. The largest absolute Gasteiger partial charge is 0.339 e. The van der Waals surface area contributed by atoms with Crippen molar-refractivity contribution in [3.63, 3.8) is 0 Å². The molecule has 6 nitrogen and oxygen atoms in total. The van der Waals surface area contributed by atoms with Gasteiger partial charge in [-0.2, -0.15) is 5.10 Å². The van der Waals surface area contributed by atoms with Gasteiger partial charge >= 0.3 is 0 Å². The van der Waals surface area contributed by atoms with Crippen LogP contribution in [0.4, 0.5) is 5.82 Å². The first-order chi connectivity index (χ1) is 12.1. The van der Waals surface area contributed by atoms with Gasteiger partial charge in [-0.1, -0.05) is 18.2 Å². The Labute approximate surface area is 155 Å². The highest BCUT2D eigenvalue weighted by Gasteiger charge is 2.27. The van der Waals surface area contributed by atoms with Crippen molar-refractivity contribution < 1.29 is 9.59 Å². The average molecular weight is 379 g/mol. The van der Waals surface area contributed by atoms with Crippen molar-refractivity contribution in [2.75, 3.05) is 18.4 Å². The Balaban J connectivity index is 1.58. The smallest absolute Gasteiger partial charge is 0.245 e. The van der Waals surface area contributed by atoms with Gasteiger partial charge in [0.25, 0.3) is 0 Å². The van der Waals surface area contributed by atoms with Gasteiger partial charge in [-0.05, 0) is 31.1 Å². The zero-order chi connectivity index (χ0) is 17.8. The van der Waals surface area contributed by atoms with Gasteiger partial charge in [-0.25, -0.2) is 4.68 Å². The van der Waals surface area contributed by atoms with Crippen molar-refractivity contribution in [1.82, 2.24) is 14.7 Å². The number of rotatable bonds is 5. The fraction of sp³-hybridized carbons (Fsp3) is 0.353. The van der Waals surface area contributed by atoms with E-state index in [0.29, 0.717) is 38.3 Å². The summed E-state index contributed by atoms with van der Waals surface area (Å²) in [6, 6.07) is 5.58. The van der Waals surface area contributed by atoms with Crippen LogP contribution in [0.5, 0.6) is 0 Å². The second kappa shape index (κ2) is 7.84. The van der Waals surface area contributed by atoms with Crippen LogP contribution in [0.3, 0.4) is 0 Å². The molecule has 1 saturated heterocycles. The minimum atomic E-state index is -0.103. The maximum absolute atomic E-state index is 12.5. The third-order valence-corrected chi connectivity index (χ3v) is 5.47. The van der Waals surface area contributed by atoms with Crippen LogP contribution in [0, 0.1) is 5.92 Å². The lowest BCUT2D eigenvalue weighted by atomic mass is 9.96. The molecule has 0 saturated carbocycles. The highest BCUT2D eigenvalue weighted by molar-refractivity contribution is 7.16. The molecule has 2 aromatic heterocycles. The molecule has 8 heteroatoms. The maximum atomic E-state index is 12.5. The number of likely N-dealkylation sites (tertiary alicyclic amines) is 1. The molecule has 0 aromatic carbocycles. The van der Waals surface area contributed by atoms with E-state index in [1.165, 1.54) is 17.4 Å². The number of amides is 2. The summed E-state index contributed by atoms with van der Waals surface area (Å²) in [5, 5.41) is 7.22. The predicted molar refractivity (Wildman–Crippen MR) is 98.8 cm³/mol. The first kappa shape index (κ1) is 17.7. The quantitative estimate of drug-likeness (QED) is 0.813. The Hall–Kier alpha value is -2.12. The number of hydrogen-bond donors (Lipinski definition) is 1. The van der Waals surface area contributed by atoms with E-state index in [1.54, 1.807) is 21.8 Å². The van der Waals surface area contributed by atoms with Crippen LogP contribution in [-0.2, 0) is 16.1 Å². The molecule has 0 atom stereocenters. The summed E-state index contributed by atoms with van der Waals surface area (Å²) in [5.41, 5.74) is 0. The van der Waals surface area contributed by atoms with Crippen molar-refractivity contribution >= 4 is 40.6 Å². The zero-order valence-corrected chi connectivity index (χ0v) is 15.2. The number of anilines is 1. The predicted octanol–water partition coefficient (Wildman–Crippen LogP) is 3.01. The van der Waals surface area contributed by atoms with Crippen molar-refractivity contribution in [2.24, 2.45) is 5.92 Å².